The van der Waals surface area contributed by atoms with Gasteiger partial charge in [0.15, 0.2) is 11.5 Å². The van der Waals surface area contributed by atoms with E-state index in [4.69, 9.17) is 18.9 Å². The number of benzene rings is 3. The third-order valence-corrected chi connectivity index (χ3v) is 7.78. The van der Waals surface area contributed by atoms with Crippen LogP contribution in [-0.4, -0.2) is 38.5 Å². The van der Waals surface area contributed by atoms with E-state index in [-0.39, 0.29) is 5.41 Å². The molecule has 0 radical (unpaired) electrons. The maximum atomic E-state index is 6.32. The molecule has 6 nitrogen and oxygen atoms in total. The molecule has 0 N–H and O–H groups in total. The first-order chi connectivity index (χ1) is 16.2. The highest BCUT2D eigenvalue weighted by Crippen LogP contribution is 2.56. The van der Waals surface area contributed by atoms with Crippen molar-refractivity contribution >= 4 is 27.2 Å². The van der Waals surface area contributed by atoms with Gasteiger partial charge in [0.2, 0.25) is 0 Å². The molecule has 0 saturated heterocycles. The van der Waals surface area contributed by atoms with Gasteiger partial charge in [0.25, 0.3) is 0 Å². The molecule has 0 fully saturated rings. The average molecular weight is 459 g/mol. The molecule has 1 spiro atoms. The Morgan fingerprint density at radius 2 is 1.82 bits per heavy atom. The van der Waals surface area contributed by atoms with Gasteiger partial charge in [0.05, 0.1) is 28.3 Å². The van der Waals surface area contributed by atoms with Crippen LogP contribution in [-0.2, 0) is 12.0 Å². The quantitative estimate of drug-likeness (QED) is 0.441. The van der Waals surface area contributed by atoms with Crippen molar-refractivity contribution < 1.29 is 18.9 Å². The van der Waals surface area contributed by atoms with Crippen LogP contribution in [0.25, 0.3) is 10.2 Å². The summed E-state index contributed by atoms with van der Waals surface area (Å²) < 4.78 is 24.6. The van der Waals surface area contributed by atoms with Crippen LogP contribution in [0, 0.1) is 0 Å². The fourth-order valence-electron chi connectivity index (χ4n) is 5.41. The number of hydrogen-bond acceptors (Lipinski definition) is 7. The predicted octanol–water partition coefficient (Wildman–Crippen LogP) is 4.77. The first kappa shape index (κ1) is 19.1. The highest BCUT2D eigenvalue weighted by atomic mass is 32.1. The predicted molar refractivity (Wildman–Crippen MR) is 127 cm³/mol. The van der Waals surface area contributed by atoms with Gasteiger partial charge >= 0.3 is 0 Å². The van der Waals surface area contributed by atoms with Crippen molar-refractivity contribution in [2.45, 2.75) is 12.0 Å². The molecule has 3 aromatic carbocycles. The second-order valence-corrected chi connectivity index (χ2v) is 9.58. The molecule has 3 aliphatic heterocycles. The summed E-state index contributed by atoms with van der Waals surface area (Å²) in [4.78, 5) is 7.07. The van der Waals surface area contributed by atoms with Crippen molar-refractivity contribution in [2.24, 2.45) is 0 Å². The lowest BCUT2D eigenvalue weighted by Gasteiger charge is -2.26. The molecule has 166 valence electrons. The molecule has 1 atom stereocenters. The van der Waals surface area contributed by atoms with E-state index in [1.165, 1.54) is 27.1 Å². The Hall–Kier alpha value is -3.45. The van der Waals surface area contributed by atoms with Crippen LogP contribution in [0.2, 0.25) is 0 Å². The summed E-state index contributed by atoms with van der Waals surface area (Å²) in [6, 6.07) is 16.8. The number of rotatable bonds is 3. The SMILES string of the molecule is COc1ccc(CN2CC3(COc4cc5c(cc43)OCCO5)c3c2ccc2ncsc32)cc1. The topological polar surface area (TPSA) is 53.1 Å². The van der Waals surface area contributed by atoms with Crippen LogP contribution < -0.4 is 23.8 Å². The van der Waals surface area contributed by atoms with E-state index in [1.807, 2.05) is 23.7 Å². The summed E-state index contributed by atoms with van der Waals surface area (Å²) in [6.07, 6.45) is 0. The zero-order valence-electron chi connectivity index (χ0n) is 18.2. The molecule has 1 aromatic heterocycles. The Bertz CT molecular complexity index is 1380. The van der Waals surface area contributed by atoms with Gasteiger partial charge in [0.1, 0.15) is 31.3 Å². The Labute approximate surface area is 195 Å². The summed E-state index contributed by atoms with van der Waals surface area (Å²) in [5.74, 6) is 3.32. The van der Waals surface area contributed by atoms with Crippen LogP contribution in [0.3, 0.4) is 0 Å². The minimum absolute atomic E-state index is 0.279. The van der Waals surface area contributed by atoms with Gasteiger partial charge in [-0.15, -0.1) is 11.3 Å². The molecule has 0 bridgehead atoms. The van der Waals surface area contributed by atoms with Crippen molar-refractivity contribution in [3.63, 3.8) is 0 Å². The maximum absolute atomic E-state index is 6.32. The van der Waals surface area contributed by atoms with Crippen LogP contribution >= 0.6 is 11.3 Å². The van der Waals surface area contributed by atoms with E-state index in [0.717, 1.165) is 41.6 Å². The van der Waals surface area contributed by atoms with Gasteiger partial charge in [0, 0.05) is 36.0 Å². The van der Waals surface area contributed by atoms with E-state index >= 15 is 0 Å². The highest BCUT2D eigenvalue weighted by molar-refractivity contribution is 7.17. The fourth-order valence-corrected chi connectivity index (χ4v) is 6.34. The number of methoxy groups -OCH3 is 1. The van der Waals surface area contributed by atoms with Crippen molar-refractivity contribution in [1.82, 2.24) is 4.98 Å². The first-order valence-electron chi connectivity index (χ1n) is 11.1. The van der Waals surface area contributed by atoms with Gasteiger partial charge in [-0.05, 0) is 35.9 Å². The smallest absolute Gasteiger partial charge is 0.165 e. The molecule has 1 unspecified atom stereocenters. The molecule has 0 aliphatic carbocycles. The third-order valence-electron chi connectivity index (χ3n) is 6.92. The standard InChI is InChI=1S/C26H22N2O4S/c1-29-17-4-2-16(3-5-17)12-28-13-26(24-20(28)7-6-19-25(24)33-15-27-19)14-32-21-11-23-22(10-18(21)26)30-8-9-31-23/h2-7,10-11,15H,8-9,12-14H2,1H3. The molecule has 3 aliphatic rings. The molecule has 7 heteroatoms. The van der Waals surface area contributed by atoms with Crippen molar-refractivity contribution in [2.75, 3.05) is 38.4 Å². The van der Waals surface area contributed by atoms with Crippen molar-refractivity contribution in [1.29, 1.82) is 0 Å². The van der Waals surface area contributed by atoms with E-state index in [9.17, 15) is 0 Å². The fraction of sp³-hybridized carbons (Fsp3) is 0.269. The van der Waals surface area contributed by atoms with E-state index in [1.54, 1.807) is 18.4 Å². The molecule has 4 heterocycles. The van der Waals surface area contributed by atoms with Crippen molar-refractivity contribution in [3.8, 4) is 23.0 Å². The lowest BCUT2D eigenvalue weighted by atomic mass is 9.77. The molecule has 0 saturated carbocycles. The van der Waals surface area contributed by atoms with Crippen LogP contribution in [0.5, 0.6) is 23.0 Å². The lowest BCUT2D eigenvalue weighted by molar-refractivity contribution is 0.171. The molecular weight excluding hydrogens is 436 g/mol. The van der Waals surface area contributed by atoms with E-state index < -0.39 is 0 Å². The number of fused-ring (bicyclic) bond motifs is 7. The average Bonchev–Trinajstić information content (AvgIpc) is 3.55. The summed E-state index contributed by atoms with van der Waals surface area (Å²) in [7, 11) is 1.70. The largest absolute Gasteiger partial charge is 0.497 e. The monoisotopic (exact) mass is 458 g/mol. The summed E-state index contributed by atoms with van der Waals surface area (Å²) in [5, 5.41) is 0. The van der Waals surface area contributed by atoms with Crippen LogP contribution in [0.4, 0.5) is 5.69 Å². The normalized spacial score (nSPS) is 20.1. The molecule has 33 heavy (non-hydrogen) atoms. The Balaban J connectivity index is 1.38. The number of anilines is 1. The first-order valence-corrected chi connectivity index (χ1v) is 11.9. The van der Waals surface area contributed by atoms with Gasteiger partial charge in [-0.3, -0.25) is 0 Å². The second kappa shape index (κ2) is 7.02. The Kier molecular flexibility index (Phi) is 4.06. The third kappa shape index (κ3) is 2.75. The lowest BCUT2D eigenvalue weighted by Crippen LogP contribution is -2.36. The number of ether oxygens (including phenoxy) is 4. The number of hydrogen-bond donors (Lipinski definition) is 0. The molecule has 0 amide bonds. The summed E-state index contributed by atoms with van der Waals surface area (Å²) >= 11 is 1.70. The summed E-state index contributed by atoms with van der Waals surface area (Å²) in [6.45, 7) is 3.37. The zero-order chi connectivity index (χ0) is 22.0. The van der Waals surface area contributed by atoms with Gasteiger partial charge < -0.3 is 23.8 Å². The number of aromatic nitrogens is 1. The number of nitrogens with zero attached hydrogens (tertiary/aromatic N) is 2. The van der Waals surface area contributed by atoms with Gasteiger partial charge in [-0.2, -0.15) is 0 Å². The molecular formula is C26H22N2O4S. The van der Waals surface area contributed by atoms with Crippen LogP contribution in [0.1, 0.15) is 16.7 Å². The van der Waals surface area contributed by atoms with Crippen molar-refractivity contribution in [3.05, 3.63) is 70.7 Å². The number of thiazole rings is 1. The second-order valence-electron chi connectivity index (χ2n) is 8.73. The van der Waals surface area contributed by atoms with Gasteiger partial charge in [-0.1, -0.05) is 12.1 Å². The highest BCUT2D eigenvalue weighted by Gasteiger charge is 2.51. The van der Waals surface area contributed by atoms with E-state index in [2.05, 4.69) is 40.2 Å². The van der Waals surface area contributed by atoms with E-state index in [0.29, 0.717) is 19.8 Å². The summed E-state index contributed by atoms with van der Waals surface area (Å²) in [5.41, 5.74) is 7.66. The Morgan fingerprint density at radius 3 is 2.64 bits per heavy atom. The zero-order valence-corrected chi connectivity index (χ0v) is 19.0. The molecule has 7 rings (SSSR count). The minimum atomic E-state index is -0.279. The van der Waals surface area contributed by atoms with Crippen LogP contribution in [0.15, 0.2) is 54.0 Å². The van der Waals surface area contributed by atoms with Gasteiger partial charge in [-0.25, -0.2) is 4.98 Å². The Morgan fingerprint density at radius 1 is 1.00 bits per heavy atom. The molecule has 4 aromatic rings. The minimum Gasteiger partial charge on any atom is -0.497 e. The maximum Gasteiger partial charge on any atom is 0.165 e.